The average molecular weight is 491 g/mol. The van der Waals surface area contributed by atoms with Crippen LogP contribution in [0.1, 0.15) is 22.7 Å². The highest BCUT2D eigenvalue weighted by atomic mass is 32.2. The van der Waals surface area contributed by atoms with Crippen LogP contribution in [0.25, 0.3) is 6.08 Å². The normalized spacial score (nSPS) is 15.2. The highest BCUT2D eigenvalue weighted by molar-refractivity contribution is 8.14. The van der Waals surface area contributed by atoms with E-state index in [2.05, 4.69) is 40.8 Å². The first-order chi connectivity index (χ1) is 16.6. The third kappa shape index (κ3) is 6.68. The van der Waals surface area contributed by atoms with E-state index in [1.54, 1.807) is 36.7 Å². The number of benzene rings is 3. The van der Waals surface area contributed by atoms with E-state index in [1.165, 1.54) is 11.0 Å². The molecule has 1 amide bonds. The quantitative estimate of drug-likeness (QED) is 0.311. The minimum atomic E-state index is -0.198. The summed E-state index contributed by atoms with van der Waals surface area (Å²) < 4.78 is 11.1. The monoisotopic (exact) mass is 490 g/mol. The van der Waals surface area contributed by atoms with E-state index in [4.69, 9.17) is 9.47 Å². The molecule has 7 heteroatoms. The molecule has 0 radical (unpaired) electrons. The largest absolute Gasteiger partial charge is 0.497 e. The molecule has 0 aromatic heterocycles. The summed E-state index contributed by atoms with van der Waals surface area (Å²) in [5.74, 6) is 2.21. The molecule has 0 bridgehead atoms. The lowest BCUT2D eigenvalue weighted by molar-refractivity contribution is -0.115. The van der Waals surface area contributed by atoms with E-state index >= 15 is 0 Å². The Morgan fingerprint density at radius 2 is 1.76 bits per heavy atom. The van der Waals surface area contributed by atoms with Gasteiger partial charge in [-0.2, -0.15) is 0 Å². The summed E-state index contributed by atoms with van der Waals surface area (Å²) in [6.07, 6.45) is 5.36. The molecule has 1 unspecified atom stereocenters. The van der Waals surface area contributed by atoms with E-state index in [0.29, 0.717) is 11.8 Å². The zero-order valence-corrected chi connectivity index (χ0v) is 20.7. The van der Waals surface area contributed by atoms with E-state index in [0.717, 1.165) is 33.9 Å². The molecule has 3 aromatic carbocycles. The number of nitrogens with zero attached hydrogens (tertiary/aromatic N) is 1. The summed E-state index contributed by atoms with van der Waals surface area (Å²) in [7, 11) is 1.65. The van der Waals surface area contributed by atoms with Crippen molar-refractivity contribution in [3.8, 4) is 11.5 Å². The number of methoxy groups -OCH3 is 1. The van der Waals surface area contributed by atoms with Gasteiger partial charge in [0.05, 0.1) is 13.2 Å². The molecular weight excluding hydrogens is 464 g/mol. The predicted octanol–water partition coefficient (Wildman–Crippen LogP) is 5.97. The standard InChI is InChI=1S/C27H26N2O3S2/c1-31-22-12-8-21(9-13-22)25-18-34-27(28-25)29-26(30)16-7-19-3-10-23(11-4-19)32-17-20-5-14-24(33-2)15-6-20/h3-16,25H,17-18H2,1-2H3,(H,28,29,30)/b16-7+. The smallest absolute Gasteiger partial charge is 0.249 e. The minimum absolute atomic E-state index is 0.0335. The molecule has 1 atom stereocenters. The highest BCUT2D eigenvalue weighted by Gasteiger charge is 2.20. The van der Waals surface area contributed by atoms with Crippen LogP contribution in [0.5, 0.6) is 11.5 Å². The molecule has 34 heavy (non-hydrogen) atoms. The van der Waals surface area contributed by atoms with Gasteiger partial charge in [-0.3, -0.25) is 9.79 Å². The maximum absolute atomic E-state index is 12.3. The first-order valence-corrected chi connectivity index (χ1v) is 13.0. The van der Waals surface area contributed by atoms with Gasteiger partial charge < -0.3 is 14.8 Å². The fraction of sp³-hybridized carbons (Fsp3) is 0.185. The number of rotatable bonds is 8. The lowest BCUT2D eigenvalue weighted by Crippen LogP contribution is -2.25. The van der Waals surface area contributed by atoms with Crippen LogP contribution >= 0.6 is 23.5 Å². The van der Waals surface area contributed by atoms with Crippen LogP contribution in [-0.4, -0.2) is 30.2 Å². The summed E-state index contributed by atoms with van der Waals surface area (Å²) in [5, 5.41) is 3.51. The number of amides is 1. The number of carbonyl (C=O) groups is 1. The van der Waals surface area contributed by atoms with Crippen molar-refractivity contribution < 1.29 is 14.3 Å². The van der Waals surface area contributed by atoms with Gasteiger partial charge in [0, 0.05) is 16.7 Å². The molecule has 5 nitrogen and oxygen atoms in total. The van der Waals surface area contributed by atoms with Crippen LogP contribution in [-0.2, 0) is 11.4 Å². The fourth-order valence-corrected chi connectivity index (χ4v) is 4.69. The molecule has 0 spiro atoms. The van der Waals surface area contributed by atoms with Crippen LogP contribution in [0.4, 0.5) is 0 Å². The zero-order chi connectivity index (χ0) is 23.8. The Kier molecular flexibility index (Phi) is 8.33. The van der Waals surface area contributed by atoms with Crippen molar-refractivity contribution in [2.75, 3.05) is 19.1 Å². The molecule has 1 aliphatic heterocycles. The minimum Gasteiger partial charge on any atom is -0.497 e. The number of hydrogen-bond acceptors (Lipinski definition) is 6. The second kappa shape index (κ2) is 11.8. The van der Waals surface area contributed by atoms with Crippen molar-refractivity contribution in [1.29, 1.82) is 0 Å². The third-order valence-electron chi connectivity index (χ3n) is 5.25. The average Bonchev–Trinajstić information content (AvgIpc) is 3.35. The van der Waals surface area contributed by atoms with E-state index in [9.17, 15) is 4.79 Å². The van der Waals surface area contributed by atoms with E-state index < -0.39 is 0 Å². The second-order valence-corrected chi connectivity index (χ2v) is 9.45. The number of nitrogens with one attached hydrogen (secondary N) is 1. The van der Waals surface area contributed by atoms with E-state index in [-0.39, 0.29) is 11.9 Å². The summed E-state index contributed by atoms with van der Waals surface area (Å²) in [6, 6.07) is 23.9. The molecule has 0 saturated heterocycles. The Morgan fingerprint density at radius 3 is 2.44 bits per heavy atom. The molecule has 0 saturated carbocycles. The Labute approximate surface area is 208 Å². The van der Waals surface area contributed by atoms with Crippen molar-refractivity contribution in [2.24, 2.45) is 4.99 Å². The maximum Gasteiger partial charge on any atom is 0.249 e. The summed E-state index contributed by atoms with van der Waals surface area (Å²) in [5.41, 5.74) is 3.15. The van der Waals surface area contributed by atoms with Crippen molar-refractivity contribution in [3.63, 3.8) is 0 Å². The van der Waals surface area contributed by atoms with Crippen molar-refractivity contribution in [3.05, 3.63) is 95.6 Å². The Morgan fingerprint density at radius 1 is 1.06 bits per heavy atom. The van der Waals surface area contributed by atoms with Crippen molar-refractivity contribution in [1.82, 2.24) is 5.32 Å². The lowest BCUT2D eigenvalue weighted by atomic mass is 10.1. The number of ether oxygens (including phenoxy) is 2. The highest BCUT2D eigenvalue weighted by Crippen LogP contribution is 2.30. The Hall–Kier alpha value is -3.16. The topological polar surface area (TPSA) is 59.9 Å². The zero-order valence-electron chi connectivity index (χ0n) is 19.1. The number of thioether (sulfide) groups is 2. The van der Waals surface area contributed by atoms with Gasteiger partial charge in [0.15, 0.2) is 5.17 Å². The number of carbonyl (C=O) groups excluding carboxylic acids is 1. The van der Waals surface area contributed by atoms with Gasteiger partial charge in [0.1, 0.15) is 18.1 Å². The molecule has 4 rings (SSSR count). The van der Waals surface area contributed by atoms with Crippen LogP contribution in [0.2, 0.25) is 0 Å². The second-order valence-electron chi connectivity index (χ2n) is 7.56. The predicted molar refractivity (Wildman–Crippen MR) is 142 cm³/mol. The van der Waals surface area contributed by atoms with Gasteiger partial charge in [-0.25, -0.2) is 0 Å². The van der Waals surface area contributed by atoms with Crippen LogP contribution in [0, 0.1) is 0 Å². The maximum atomic E-state index is 12.3. The Bertz CT molecular complexity index is 1160. The summed E-state index contributed by atoms with van der Waals surface area (Å²) >= 11 is 3.27. The van der Waals surface area contributed by atoms with Crippen molar-refractivity contribution >= 4 is 40.7 Å². The summed E-state index contributed by atoms with van der Waals surface area (Å²) in [4.78, 5) is 18.2. The lowest BCUT2D eigenvalue weighted by Gasteiger charge is -2.07. The number of aliphatic imine (C=N–C) groups is 1. The van der Waals surface area contributed by atoms with Gasteiger partial charge >= 0.3 is 0 Å². The molecular formula is C27H26N2O3S2. The summed E-state index contributed by atoms with van der Waals surface area (Å²) in [6.45, 7) is 0.517. The van der Waals surface area contributed by atoms with Gasteiger partial charge in [0.25, 0.3) is 0 Å². The van der Waals surface area contributed by atoms with Gasteiger partial charge in [0.2, 0.25) is 5.91 Å². The molecule has 1 N–H and O–H groups in total. The van der Waals surface area contributed by atoms with Crippen molar-refractivity contribution in [2.45, 2.75) is 17.5 Å². The molecule has 1 heterocycles. The van der Waals surface area contributed by atoms with Gasteiger partial charge in [-0.05, 0) is 65.4 Å². The Balaban J connectivity index is 1.26. The number of hydrogen-bond donors (Lipinski definition) is 1. The third-order valence-corrected chi connectivity index (χ3v) is 6.96. The molecule has 0 fully saturated rings. The molecule has 1 aliphatic rings. The van der Waals surface area contributed by atoms with Gasteiger partial charge in [-0.15, -0.1) is 11.8 Å². The molecule has 3 aromatic rings. The molecule has 0 aliphatic carbocycles. The first-order valence-electron chi connectivity index (χ1n) is 10.8. The number of amidine groups is 1. The van der Waals surface area contributed by atoms with Crippen LogP contribution in [0.15, 0.2) is 88.8 Å². The SMILES string of the molecule is COc1ccc(C2CSC(NC(=O)/C=C/c3ccc(OCc4ccc(SC)cc4)cc3)=N2)cc1. The van der Waals surface area contributed by atoms with E-state index in [1.807, 2.05) is 48.5 Å². The van der Waals surface area contributed by atoms with Crippen LogP contribution < -0.4 is 14.8 Å². The molecule has 174 valence electrons. The fourth-order valence-electron chi connectivity index (χ4n) is 3.32. The first kappa shape index (κ1) is 24.0. The van der Waals surface area contributed by atoms with Crippen LogP contribution in [0.3, 0.4) is 0 Å². The van der Waals surface area contributed by atoms with Gasteiger partial charge in [-0.1, -0.05) is 48.2 Å².